The van der Waals surface area contributed by atoms with Gasteiger partial charge in [-0.15, -0.1) is 0 Å². The van der Waals surface area contributed by atoms with Crippen molar-refractivity contribution in [2.75, 3.05) is 5.32 Å². The molecule has 3 aromatic rings. The minimum Gasteiger partial charge on any atom is -0.321 e. The third-order valence-electron chi connectivity index (χ3n) is 3.54. The van der Waals surface area contributed by atoms with E-state index < -0.39 is 15.9 Å². The molecule has 1 amide bonds. The molecule has 5 nitrogen and oxygen atoms in total. The lowest BCUT2D eigenvalue weighted by Crippen LogP contribution is -2.16. The molecular weight excluding hydrogens is 348 g/mol. The van der Waals surface area contributed by atoms with Crippen LogP contribution in [0.4, 0.5) is 5.69 Å². The first-order valence-corrected chi connectivity index (χ1v) is 8.90. The molecule has 3 rings (SSSR count). The van der Waals surface area contributed by atoms with Gasteiger partial charge in [-0.1, -0.05) is 48.0 Å². The summed E-state index contributed by atoms with van der Waals surface area (Å²) in [6.45, 7) is 0. The third kappa shape index (κ3) is 3.26. The third-order valence-corrected chi connectivity index (χ3v) is 4.93. The predicted octanol–water partition coefficient (Wildman–Crippen LogP) is 3.39. The number of nitrogens with two attached hydrogens (primary N) is 1. The number of nitrogens with one attached hydrogen (secondary N) is 1. The van der Waals surface area contributed by atoms with Crippen molar-refractivity contribution in [1.29, 1.82) is 0 Å². The van der Waals surface area contributed by atoms with Gasteiger partial charge in [0.05, 0.1) is 5.02 Å². The van der Waals surface area contributed by atoms with Gasteiger partial charge in [-0.3, -0.25) is 4.79 Å². The molecule has 24 heavy (non-hydrogen) atoms. The Kier molecular flexibility index (Phi) is 4.28. The van der Waals surface area contributed by atoms with Crippen LogP contribution in [0.5, 0.6) is 0 Å². The fraction of sp³-hybridized carbons (Fsp3) is 0. The van der Waals surface area contributed by atoms with Crippen LogP contribution >= 0.6 is 11.6 Å². The molecule has 0 spiro atoms. The van der Waals surface area contributed by atoms with Gasteiger partial charge in [-0.05, 0) is 29.7 Å². The summed E-state index contributed by atoms with van der Waals surface area (Å²) >= 11 is 5.83. The van der Waals surface area contributed by atoms with Crippen molar-refractivity contribution < 1.29 is 13.2 Å². The van der Waals surface area contributed by atoms with Crippen LogP contribution < -0.4 is 10.5 Å². The van der Waals surface area contributed by atoms with Gasteiger partial charge in [0, 0.05) is 16.6 Å². The Bertz CT molecular complexity index is 1040. The minimum absolute atomic E-state index is 0.0285. The highest BCUT2D eigenvalue weighted by atomic mass is 35.5. The summed E-state index contributed by atoms with van der Waals surface area (Å²) in [7, 11) is -4.01. The van der Waals surface area contributed by atoms with E-state index in [4.69, 9.17) is 16.7 Å². The molecule has 3 N–H and O–H groups in total. The Hall–Kier alpha value is -2.41. The standard InChI is InChI=1S/C17H13ClN2O3S/c18-14-9-8-12(10-16(14)24(19,22)23)17(21)20-15-7-3-5-11-4-1-2-6-13(11)15/h1-10H,(H,20,21)(H2,19,22,23). The maximum absolute atomic E-state index is 12.5. The maximum Gasteiger partial charge on any atom is 0.255 e. The van der Waals surface area contributed by atoms with Crippen molar-refractivity contribution in [3.05, 3.63) is 71.2 Å². The van der Waals surface area contributed by atoms with Crippen molar-refractivity contribution in [2.45, 2.75) is 4.90 Å². The van der Waals surface area contributed by atoms with Crippen LogP contribution in [0.2, 0.25) is 5.02 Å². The zero-order valence-corrected chi connectivity index (χ0v) is 13.9. The van der Waals surface area contributed by atoms with E-state index in [9.17, 15) is 13.2 Å². The van der Waals surface area contributed by atoms with Crippen LogP contribution in [0.3, 0.4) is 0 Å². The lowest BCUT2D eigenvalue weighted by atomic mass is 10.1. The normalized spacial score (nSPS) is 11.4. The molecule has 0 aliphatic rings. The molecule has 7 heteroatoms. The number of hydrogen-bond donors (Lipinski definition) is 2. The summed E-state index contributed by atoms with van der Waals surface area (Å²) < 4.78 is 23.0. The predicted molar refractivity (Wildman–Crippen MR) is 94.7 cm³/mol. The van der Waals surface area contributed by atoms with E-state index >= 15 is 0 Å². The summed E-state index contributed by atoms with van der Waals surface area (Å²) in [5, 5.41) is 9.73. The summed E-state index contributed by atoms with van der Waals surface area (Å²) in [6.07, 6.45) is 0. The van der Waals surface area contributed by atoms with E-state index in [0.717, 1.165) is 16.8 Å². The van der Waals surface area contributed by atoms with E-state index in [0.29, 0.717) is 5.69 Å². The smallest absolute Gasteiger partial charge is 0.255 e. The summed E-state index contributed by atoms with van der Waals surface area (Å²) in [5.41, 5.74) is 0.779. The van der Waals surface area contributed by atoms with Crippen LogP contribution in [0.1, 0.15) is 10.4 Å². The molecule has 0 radical (unpaired) electrons. The molecule has 3 aromatic carbocycles. The second-order valence-corrected chi connectivity index (χ2v) is 7.11. The SMILES string of the molecule is NS(=O)(=O)c1cc(C(=O)Nc2cccc3ccccc23)ccc1Cl. The fourth-order valence-corrected chi connectivity index (χ4v) is 3.46. The van der Waals surface area contributed by atoms with Crippen molar-refractivity contribution in [2.24, 2.45) is 5.14 Å². The van der Waals surface area contributed by atoms with Gasteiger partial charge in [0.25, 0.3) is 5.91 Å². The molecular formula is C17H13ClN2O3S. The Balaban J connectivity index is 1.98. The number of anilines is 1. The summed E-state index contributed by atoms with van der Waals surface area (Å²) in [5.74, 6) is -0.451. The zero-order chi connectivity index (χ0) is 17.3. The van der Waals surface area contributed by atoms with E-state index in [2.05, 4.69) is 5.32 Å². The molecule has 0 saturated carbocycles. The van der Waals surface area contributed by atoms with Gasteiger partial charge < -0.3 is 5.32 Å². The van der Waals surface area contributed by atoms with E-state index in [1.165, 1.54) is 12.1 Å². The Morgan fingerprint density at radius 2 is 1.71 bits per heavy atom. The fourth-order valence-electron chi connectivity index (χ4n) is 2.39. The zero-order valence-electron chi connectivity index (χ0n) is 12.4. The first kappa shape index (κ1) is 16.4. The Morgan fingerprint density at radius 3 is 2.46 bits per heavy atom. The molecule has 0 aromatic heterocycles. The van der Waals surface area contributed by atoms with Crippen LogP contribution in [0, 0.1) is 0 Å². The second kappa shape index (κ2) is 6.24. The number of benzene rings is 3. The molecule has 0 fully saturated rings. The Labute approximate surface area is 144 Å². The molecule has 0 unspecified atom stereocenters. The number of halogens is 1. The molecule has 0 aliphatic heterocycles. The number of amides is 1. The monoisotopic (exact) mass is 360 g/mol. The van der Waals surface area contributed by atoms with Crippen LogP contribution in [-0.4, -0.2) is 14.3 Å². The van der Waals surface area contributed by atoms with Gasteiger partial charge in [0.1, 0.15) is 4.90 Å². The number of carbonyl (C=O) groups is 1. The molecule has 0 atom stereocenters. The first-order valence-electron chi connectivity index (χ1n) is 6.98. The van der Waals surface area contributed by atoms with Gasteiger partial charge in [-0.25, -0.2) is 13.6 Å². The number of hydrogen-bond acceptors (Lipinski definition) is 3. The van der Waals surface area contributed by atoms with E-state index in [1.54, 1.807) is 6.07 Å². The van der Waals surface area contributed by atoms with Gasteiger partial charge in [0.2, 0.25) is 10.0 Å². The van der Waals surface area contributed by atoms with Crippen LogP contribution in [-0.2, 0) is 10.0 Å². The molecule has 122 valence electrons. The van der Waals surface area contributed by atoms with Crippen molar-refractivity contribution in [3.8, 4) is 0 Å². The first-order chi connectivity index (χ1) is 11.4. The quantitative estimate of drug-likeness (QED) is 0.750. The molecule has 0 saturated heterocycles. The highest BCUT2D eigenvalue weighted by Gasteiger charge is 2.17. The highest BCUT2D eigenvalue weighted by molar-refractivity contribution is 7.89. The second-order valence-electron chi connectivity index (χ2n) is 5.17. The summed E-state index contributed by atoms with van der Waals surface area (Å²) in [6, 6.07) is 17.1. The number of sulfonamides is 1. The van der Waals surface area contributed by atoms with Crippen LogP contribution in [0.15, 0.2) is 65.6 Å². The van der Waals surface area contributed by atoms with E-state index in [1.807, 2.05) is 36.4 Å². The van der Waals surface area contributed by atoms with Crippen molar-refractivity contribution in [3.63, 3.8) is 0 Å². The molecule has 0 heterocycles. The van der Waals surface area contributed by atoms with Crippen molar-refractivity contribution in [1.82, 2.24) is 0 Å². The lowest BCUT2D eigenvalue weighted by molar-refractivity contribution is 0.102. The summed E-state index contributed by atoms with van der Waals surface area (Å²) in [4.78, 5) is 12.2. The number of primary sulfonamides is 1. The molecule has 0 aliphatic carbocycles. The maximum atomic E-state index is 12.5. The molecule has 0 bridgehead atoms. The van der Waals surface area contributed by atoms with Crippen LogP contribution in [0.25, 0.3) is 10.8 Å². The highest BCUT2D eigenvalue weighted by Crippen LogP contribution is 2.25. The average molecular weight is 361 g/mol. The van der Waals surface area contributed by atoms with Gasteiger partial charge in [-0.2, -0.15) is 0 Å². The topological polar surface area (TPSA) is 89.3 Å². The number of carbonyl (C=O) groups excluding carboxylic acids is 1. The largest absolute Gasteiger partial charge is 0.321 e. The number of fused-ring (bicyclic) bond motifs is 1. The van der Waals surface area contributed by atoms with Gasteiger partial charge in [0.15, 0.2) is 0 Å². The minimum atomic E-state index is -4.01. The van der Waals surface area contributed by atoms with Gasteiger partial charge >= 0.3 is 0 Å². The average Bonchev–Trinajstić information content (AvgIpc) is 2.54. The number of rotatable bonds is 3. The van der Waals surface area contributed by atoms with Crippen molar-refractivity contribution >= 4 is 44.0 Å². The lowest BCUT2D eigenvalue weighted by Gasteiger charge is -2.10. The van der Waals surface area contributed by atoms with E-state index in [-0.39, 0.29) is 15.5 Å². The Morgan fingerprint density at radius 1 is 1.00 bits per heavy atom.